The fraction of sp³-hybridized carbons (Fsp3) is 0.500. The van der Waals surface area contributed by atoms with E-state index in [2.05, 4.69) is 38.8 Å². The summed E-state index contributed by atoms with van der Waals surface area (Å²) in [6, 6.07) is 3.80. The Balaban J connectivity index is 1.70. The van der Waals surface area contributed by atoms with Crippen LogP contribution in [0.5, 0.6) is 5.75 Å². The van der Waals surface area contributed by atoms with Crippen molar-refractivity contribution in [1.82, 2.24) is 14.9 Å². The van der Waals surface area contributed by atoms with Gasteiger partial charge in [-0.25, -0.2) is 14.4 Å². The van der Waals surface area contributed by atoms with Gasteiger partial charge in [-0.1, -0.05) is 0 Å². The third kappa shape index (κ3) is 5.56. The number of piperidine rings is 1. The molecule has 1 saturated heterocycles. The SMILES string of the molecule is Cc1nc(NC2CCN(C(C)C)CC2)ncc1-c1ccc(OC(F)(F)F)cc1F. The maximum absolute atomic E-state index is 14.3. The maximum Gasteiger partial charge on any atom is 0.573 e. The molecule has 1 aromatic carbocycles. The Morgan fingerprint density at radius 1 is 1.17 bits per heavy atom. The van der Waals surface area contributed by atoms with Gasteiger partial charge >= 0.3 is 6.36 Å². The molecule has 0 bridgehead atoms. The molecule has 158 valence electrons. The molecule has 0 unspecified atom stereocenters. The average molecular weight is 412 g/mol. The van der Waals surface area contributed by atoms with Crippen molar-refractivity contribution in [1.29, 1.82) is 0 Å². The highest BCUT2D eigenvalue weighted by Crippen LogP contribution is 2.30. The smallest absolute Gasteiger partial charge is 0.406 e. The second kappa shape index (κ2) is 8.52. The van der Waals surface area contributed by atoms with Crippen molar-refractivity contribution in [3.05, 3.63) is 35.9 Å². The molecule has 29 heavy (non-hydrogen) atoms. The van der Waals surface area contributed by atoms with E-state index in [1.165, 1.54) is 12.3 Å². The largest absolute Gasteiger partial charge is 0.573 e. The highest BCUT2D eigenvalue weighted by molar-refractivity contribution is 5.67. The molecule has 5 nitrogen and oxygen atoms in total. The Morgan fingerprint density at radius 2 is 1.86 bits per heavy atom. The van der Waals surface area contributed by atoms with Gasteiger partial charge in [0, 0.05) is 48.6 Å². The molecule has 3 rings (SSSR count). The predicted octanol–water partition coefficient (Wildman–Crippen LogP) is 4.77. The molecule has 2 heterocycles. The summed E-state index contributed by atoms with van der Waals surface area (Å²) in [5.41, 5.74) is 1.07. The van der Waals surface area contributed by atoms with E-state index in [9.17, 15) is 17.6 Å². The summed E-state index contributed by atoms with van der Waals surface area (Å²) >= 11 is 0. The molecular formula is C20H24F4N4O. The fourth-order valence-corrected chi connectivity index (χ4v) is 3.46. The minimum absolute atomic E-state index is 0.119. The number of likely N-dealkylation sites (tertiary alicyclic amines) is 1. The normalized spacial score (nSPS) is 16.3. The summed E-state index contributed by atoms with van der Waals surface area (Å²) in [6.45, 7) is 8.08. The lowest BCUT2D eigenvalue weighted by Crippen LogP contribution is -2.42. The van der Waals surface area contributed by atoms with Crippen molar-refractivity contribution in [2.45, 2.75) is 52.1 Å². The van der Waals surface area contributed by atoms with Crippen molar-refractivity contribution >= 4 is 5.95 Å². The van der Waals surface area contributed by atoms with Crippen LogP contribution in [0.4, 0.5) is 23.5 Å². The molecule has 0 aliphatic carbocycles. The fourth-order valence-electron chi connectivity index (χ4n) is 3.46. The van der Waals surface area contributed by atoms with Crippen LogP contribution in [0.2, 0.25) is 0 Å². The molecule has 1 fully saturated rings. The second-order valence-electron chi connectivity index (χ2n) is 7.43. The van der Waals surface area contributed by atoms with Gasteiger partial charge in [0.15, 0.2) is 0 Å². The van der Waals surface area contributed by atoms with Crippen molar-refractivity contribution in [2.75, 3.05) is 18.4 Å². The zero-order valence-corrected chi connectivity index (χ0v) is 16.6. The Morgan fingerprint density at radius 3 is 2.41 bits per heavy atom. The second-order valence-corrected chi connectivity index (χ2v) is 7.43. The number of rotatable bonds is 5. The first-order chi connectivity index (χ1) is 13.6. The van der Waals surface area contributed by atoms with Crippen LogP contribution in [0.3, 0.4) is 0 Å². The molecule has 1 N–H and O–H groups in total. The lowest BCUT2D eigenvalue weighted by molar-refractivity contribution is -0.274. The van der Waals surface area contributed by atoms with Crippen molar-refractivity contribution in [3.8, 4) is 16.9 Å². The molecule has 1 aromatic heterocycles. The summed E-state index contributed by atoms with van der Waals surface area (Å²) in [4.78, 5) is 11.1. The van der Waals surface area contributed by atoms with E-state index in [-0.39, 0.29) is 11.6 Å². The van der Waals surface area contributed by atoms with Gasteiger partial charge in [0.25, 0.3) is 0 Å². The molecule has 0 radical (unpaired) electrons. The summed E-state index contributed by atoms with van der Waals surface area (Å²) in [7, 11) is 0. The van der Waals surface area contributed by atoms with Gasteiger partial charge in [0.05, 0.1) is 5.69 Å². The van der Waals surface area contributed by atoms with E-state index < -0.39 is 17.9 Å². The summed E-state index contributed by atoms with van der Waals surface area (Å²) in [6.07, 6.45) is -1.42. The minimum Gasteiger partial charge on any atom is -0.406 e. The monoisotopic (exact) mass is 412 g/mol. The van der Waals surface area contributed by atoms with E-state index in [0.717, 1.165) is 32.0 Å². The number of ether oxygens (including phenoxy) is 1. The topological polar surface area (TPSA) is 50.3 Å². The number of halogens is 4. The number of nitrogens with one attached hydrogen (secondary N) is 1. The average Bonchev–Trinajstić information content (AvgIpc) is 2.62. The van der Waals surface area contributed by atoms with Gasteiger partial charge in [-0.2, -0.15) is 0 Å². The van der Waals surface area contributed by atoms with Gasteiger partial charge in [-0.05, 0) is 45.7 Å². The molecule has 2 aromatic rings. The summed E-state index contributed by atoms with van der Waals surface area (Å²) in [5, 5.41) is 3.32. The van der Waals surface area contributed by atoms with E-state index in [1.807, 2.05) is 0 Å². The lowest BCUT2D eigenvalue weighted by atomic mass is 10.0. The molecule has 0 atom stereocenters. The Bertz CT molecular complexity index is 849. The first-order valence-corrected chi connectivity index (χ1v) is 9.52. The Kier molecular flexibility index (Phi) is 6.26. The third-order valence-electron chi connectivity index (χ3n) is 5.04. The van der Waals surface area contributed by atoms with E-state index >= 15 is 0 Å². The van der Waals surface area contributed by atoms with Gasteiger partial charge in [-0.3, -0.25) is 0 Å². The van der Waals surface area contributed by atoms with Gasteiger partial charge in [-0.15, -0.1) is 13.2 Å². The number of aryl methyl sites for hydroxylation is 1. The van der Waals surface area contributed by atoms with E-state index in [0.29, 0.717) is 29.3 Å². The van der Waals surface area contributed by atoms with Crippen LogP contribution in [0.1, 0.15) is 32.4 Å². The Labute approximate surface area is 167 Å². The molecule has 1 aliphatic rings. The predicted molar refractivity (Wildman–Crippen MR) is 102 cm³/mol. The molecule has 1 aliphatic heterocycles. The van der Waals surface area contributed by atoms with Crippen LogP contribution in [-0.2, 0) is 0 Å². The van der Waals surface area contributed by atoms with Gasteiger partial charge < -0.3 is 15.0 Å². The molecule has 0 saturated carbocycles. The van der Waals surface area contributed by atoms with Crippen LogP contribution < -0.4 is 10.1 Å². The van der Waals surface area contributed by atoms with Crippen LogP contribution in [-0.4, -0.2) is 46.4 Å². The first kappa shape index (κ1) is 21.3. The zero-order valence-electron chi connectivity index (χ0n) is 16.6. The van der Waals surface area contributed by atoms with Crippen LogP contribution in [0, 0.1) is 12.7 Å². The minimum atomic E-state index is -4.87. The van der Waals surface area contributed by atoms with Gasteiger partial charge in [0.2, 0.25) is 5.95 Å². The molecule has 0 amide bonds. The third-order valence-corrected chi connectivity index (χ3v) is 5.04. The lowest BCUT2D eigenvalue weighted by Gasteiger charge is -2.34. The van der Waals surface area contributed by atoms with Crippen molar-refractivity contribution < 1.29 is 22.3 Å². The Hall–Kier alpha value is -2.42. The number of alkyl halides is 3. The van der Waals surface area contributed by atoms with E-state index in [4.69, 9.17) is 0 Å². The highest BCUT2D eigenvalue weighted by Gasteiger charge is 2.31. The van der Waals surface area contributed by atoms with Crippen LogP contribution in [0.25, 0.3) is 11.1 Å². The summed E-state index contributed by atoms with van der Waals surface area (Å²) < 4.78 is 54.9. The van der Waals surface area contributed by atoms with Crippen molar-refractivity contribution in [2.24, 2.45) is 0 Å². The zero-order chi connectivity index (χ0) is 21.2. The van der Waals surface area contributed by atoms with E-state index in [1.54, 1.807) is 6.92 Å². The molecule has 0 spiro atoms. The highest BCUT2D eigenvalue weighted by atomic mass is 19.4. The first-order valence-electron chi connectivity index (χ1n) is 9.52. The van der Waals surface area contributed by atoms with Crippen LogP contribution >= 0.6 is 0 Å². The number of aromatic nitrogens is 2. The quantitative estimate of drug-likeness (QED) is 0.717. The van der Waals surface area contributed by atoms with Crippen LogP contribution in [0.15, 0.2) is 24.4 Å². The number of nitrogens with zero attached hydrogens (tertiary/aromatic N) is 3. The maximum atomic E-state index is 14.3. The number of hydrogen-bond acceptors (Lipinski definition) is 5. The standard InChI is InChI=1S/C20H24F4N4O/c1-12(2)28-8-6-14(7-9-28)27-19-25-11-17(13(3)26-19)16-5-4-15(10-18(16)21)29-20(22,23)24/h4-5,10-12,14H,6-9H2,1-3H3,(H,25,26,27). The van der Waals surface area contributed by atoms with Gasteiger partial charge in [0.1, 0.15) is 11.6 Å². The number of anilines is 1. The molecule has 9 heteroatoms. The molecular weight excluding hydrogens is 388 g/mol. The summed E-state index contributed by atoms with van der Waals surface area (Å²) in [5.74, 6) is -0.977. The number of hydrogen-bond donors (Lipinski definition) is 1. The number of benzene rings is 1. The van der Waals surface area contributed by atoms with Crippen molar-refractivity contribution in [3.63, 3.8) is 0 Å².